The fourth-order valence-electron chi connectivity index (χ4n) is 2.83. The van der Waals surface area contributed by atoms with Gasteiger partial charge in [-0.1, -0.05) is 31.0 Å². The number of carboxylic acids is 1. The molecule has 0 saturated carbocycles. The number of likely N-dealkylation sites (tertiary alicyclic amines) is 1. The summed E-state index contributed by atoms with van der Waals surface area (Å²) in [6, 6.07) is 3.72. The Morgan fingerprint density at radius 1 is 1.10 bits per heavy atom. The average molecular weight is 301 g/mol. The first kappa shape index (κ1) is 15.8. The maximum atomic E-state index is 13.1. The number of nitrogens with zero attached hydrogens (tertiary/aromatic N) is 1. The Labute approximate surface area is 121 Å². The van der Waals surface area contributed by atoms with Crippen LogP contribution in [0.2, 0.25) is 0 Å². The number of halogens is 3. The van der Waals surface area contributed by atoms with Gasteiger partial charge in [-0.25, -0.2) is 0 Å². The van der Waals surface area contributed by atoms with Gasteiger partial charge in [0.1, 0.15) is 6.04 Å². The smallest absolute Gasteiger partial charge is 0.416 e. The molecule has 0 aromatic heterocycles. The van der Waals surface area contributed by atoms with Gasteiger partial charge in [0, 0.05) is 0 Å². The molecule has 2 rings (SSSR count). The zero-order valence-electron chi connectivity index (χ0n) is 11.6. The largest absolute Gasteiger partial charge is 0.480 e. The summed E-state index contributed by atoms with van der Waals surface area (Å²) >= 11 is 0. The van der Waals surface area contributed by atoms with Gasteiger partial charge in [0.05, 0.1) is 5.56 Å². The first-order chi connectivity index (χ1) is 9.91. The summed E-state index contributed by atoms with van der Waals surface area (Å²) in [4.78, 5) is 13.2. The lowest BCUT2D eigenvalue weighted by Crippen LogP contribution is -2.36. The molecule has 21 heavy (non-hydrogen) atoms. The zero-order valence-corrected chi connectivity index (χ0v) is 11.6. The molecule has 1 aliphatic heterocycles. The van der Waals surface area contributed by atoms with Crippen LogP contribution in [0.15, 0.2) is 24.3 Å². The van der Waals surface area contributed by atoms with Crippen molar-refractivity contribution < 1.29 is 23.1 Å². The van der Waals surface area contributed by atoms with Gasteiger partial charge in [0.15, 0.2) is 0 Å². The van der Waals surface area contributed by atoms with Crippen molar-refractivity contribution in [1.82, 2.24) is 4.90 Å². The molecular formula is C15H18F3NO2. The van der Waals surface area contributed by atoms with Gasteiger partial charge in [0.25, 0.3) is 0 Å². The molecule has 1 N–H and O–H groups in total. The van der Waals surface area contributed by atoms with Crippen molar-refractivity contribution in [2.75, 3.05) is 13.1 Å². The molecule has 1 unspecified atom stereocenters. The topological polar surface area (TPSA) is 40.5 Å². The minimum atomic E-state index is -4.55. The number of carbonyl (C=O) groups is 1. The molecule has 1 saturated heterocycles. The van der Waals surface area contributed by atoms with Crippen LogP contribution in [0.5, 0.6) is 0 Å². The van der Waals surface area contributed by atoms with Crippen LogP contribution in [0.25, 0.3) is 0 Å². The van der Waals surface area contributed by atoms with Gasteiger partial charge in [-0.3, -0.25) is 9.69 Å². The fourth-order valence-corrected chi connectivity index (χ4v) is 2.83. The van der Waals surface area contributed by atoms with Gasteiger partial charge in [0.2, 0.25) is 0 Å². The lowest BCUT2D eigenvalue weighted by atomic mass is 9.98. The van der Waals surface area contributed by atoms with E-state index in [2.05, 4.69) is 0 Å². The van der Waals surface area contributed by atoms with Crippen molar-refractivity contribution >= 4 is 5.97 Å². The predicted molar refractivity (Wildman–Crippen MR) is 71.9 cm³/mol. The molecule has 0 bridgehead atoms. The van der Waals surface area contributed by atoms with Crippen molar-refractivity contribution in [3.05, 3.63) is 35.4 Å². The number of hydrogen-bond acceptors (Lipinski definition) is 2. The highest BCUT2D eigenvalue weighted by Gasteiger charge is 2.38. The van der Waals surface area contributed by atoms with E-state index in [-0.39, 0.29) is 5.56 Å². The minimum Gasteiger partial charge on any atom is -0.480 e. The Morgan fingerprint density at radius 2 is 1.67 bits per heavy atom. The van der Waals surface area contributed by atoms with Gasteiger partial charge in [-0.15, -0.1) is 0 Å². The third kappa shape index (κ3) is 3.75. The van der Waals surface area contributed by atoms with E-state index < -0.39 is 23.8 Å². The monoisotopic (exact) mass is 301 g/mol. The molecule has 0 amide bonds. The quantitative estimate of drug-likeness (QED) is 0.925. The lowest BCUT2D eigenvalue weighted by molar-refractivity contribution is -0.146. The number of aliphatic carboxylic acids is 1. The normalized spacial score (nSPS) is 19.0. The van der Waals surface area contributed by atoms with Crippen molar-refractivity contribution in [3.63, 3.8) is 0 Å². The Kier molecular flexibility index (Phi) is 4.88. The lowest BCUT2D eigenvalue weighted by Gasteiger charge is -2.29. The van der Waals surface area contributed by atoms with E-state index in [1.165, 1.54) is 18.2 Å². The van der Waals surface area contributed by atoms with Crippen molar-refractivity contribution in [2.24, 2.45) is 0 Å². The Bertz CT molecular complexity index is 494. The SMILES string of the molecule is O=C(O)C(c1ccccc1C(F)(F)F)N1CCCCCC1. The summed E-state index contributed by atoms with van der Waals surface area (Å²) in [5, 5.41) is 9.45. The van der Waals surface area contributed by atoms with Gasteiger partial charge in [-0.2, -0.15) is 13.2 Å². The van der Waals surface area contributed by atoms with E-state index in [1.807, 2.05) is 0 Å². The van der Waals surface area contributed by atoms with E-state index in [0.29, 0.717) is 13.1 Å². The number of rotatable bonds is 3. The van der Waals surface area contributed by atoms with Crippen LogP contribution < -0.4 is 0 Å². The molecule has 0 aliphatic carbocycles. The molecule has 3 nitrogen and oxygen atoms in total. The van der Waals surface area contributed by atoms with Gasteiger partial charge >= 0.3 is 12.1 Å². The molecule has 6 heteroatoms. The summed E-state index contributed by atoms with van der Waals surface area (Å²) in [6.45, 7) is 1.03. The Morgan fingerprint density at radius 3 is 2.19 bits per heavy atom. The third-order valence-electron chi connectivity index (χ3n) is 3.80. The van der Waals surface area contributed by atoms with Crippen LogP contribution in [0.1, 0.15) is 42.9 Å². The van der Waals surface area contributed by atoms with E-state index in [4.69, 9.17) is 0 Å². The third-order valence-corrected chi connectivity index (χ3v) is 3.80. The molecule has 1 aromatic carbocycles. The van der Waals surface area contributed by atoms with E-state index in [9.17, 15) is 23.1 Å². The van der Waals surface area contributed by atoms with E-state index >= 15 is 0 Å². The van der Waals surface area contributed by atoms with Crippen LogP contribution in [0.3, 0.4) is 0 Å². The van der Waals surface area contributed by atoms with Crippen LogP contribution in [0, 0.1) is 0 Å². The highest BCUT2D eigenvalue weighted by Crippen LogP contribution is 2.37. The van der Waals surface area contributed by atoms with Crippen LogP contribution in [0.4, 0.5) is 13.2 Å². The fraction of sp³-hybridized carbons (Fsp3) is 0.533. The van der Waals surface area contributed by atoms with Crippen LogP contribution in [-0.4, -0.2) is 29.1 Å². The molecule has 116 valence electrons. The first-order valence-electron chi connectivity index (χ1n) is 7.04. The average Bonchev–Trinajstić information content (AvgIpc) is 2.67. The highest BCUT2D eigenvalue weighted by atomic mass is 19.4. The second kappa shape index (κ2) is 6.47. The maximum absolute atomic E-state index is 13.1. The second-order valence-corrected chi connectivity index (χ2v) is 5.28. The molecule has 1 atom stereocenters. The Balaban J connectivity index is 2.41. The highest BCUT2D eigenvalue weighted by molar-refractivity contribution is 5.76. The first-order valence-corrected chi connectivity index (χ1v) is 7.04. The summed E-state index contributed by atoms with van der Waals surface area (Å²) < 4.78 is 39.3. The van der Waals surface area contributed by atoms with Gasteiger partial charge in [-0.05, 0) is 37.6 Å². The molecule has 0 spiro atoms. The summed E-state index contributed by atoms with van der Waals surface area (Å²) in [5.41, 5.74) is -1.03. The summed E-state index contributed by atoms with van der Waals surface area (Å²) in [6.07, 6.45) is -0.931. The summed E-state index contributed by atoms with van der Waals surface area (Å²) in [7, 11) is 0. The molecule has 1 heterocycles. The summed E-state index contributed by atoms with van der Waals surface area (Å²) in [5.74, 6) is -1.23. The van der Waals surface area contributed by atoms with E-state index in [0.717, 1.165) is 31.7 Å². The van der Waals surface area contributed by atoms with E-state index in [1.54, 1.807) is 4.90 Å². The molecule has 1 fully saturated rings. The number of hydrogen-bond donors (Lipinski definition) is 1. The van der Waals surface area contributed by atoms with Crippen LogP contribution >= 0.6 is 0 Å². The van der Waals surface area contributed by atoms with Gasteiger partial charge < -0.3 is 5.11 Å². The molecule has 0 radical (unpaired) electrons. The Hall–Kier alpha value is -1.56. The zero-order chi connectivity index (χ0) is 15.5. The number of benzene rings is 1. The predicted octanol–water partition coefficient (Wildman–Crippen LogP) is 3.71. The molecular weight excluding hydrogens is 283 g/mol. The molecule has 1 aromatic rings. The van der Waals surface area contributed by atoms with Crippen molar-refractivity contribution in [2.45, 2.75) is 37.9 Å². The number of carboxylic acid groups (broad SMARTS) is 1. The molecule has 1 aliphatic rings. The standard InChI is InChI=1S/C15H18F3NO2/c16-15(17,18)12-8-4-3-7-11(12)13(14(20)21)19-9-5-1-2-6-10-19/h3-4,7-8,13H,1-2,5-6,9-10H2,(H,20,21). The van der Waals surface area contributed by atoms with Crippen molar-refractivity contribution in [1.29, 1.82) is 0 Å². The minimum absolute atomic E-state index is 0.167. The maximum Gasteiger partial charge on any atom is 0.416 e. The number of alkyl halides is 3. The van der Waals surface area contributed by atoms with Crippen LogP contribution in [-0.2, 0) is 11.0 Å². The second-order valence-electron chi connectivity index (χ2n) is 5.28. The van der Waals surface area contributed by atoms with Crippen molar-refractivity contribution in [3.8, 4) is 0 Å².